The number of hydrogen-bond acceptors (Lipinski definition) is 5. The van der Waals surface area contributed by atoms with Crippen LogP contribution < -0.4 is 10.5 Å². The lowest BCUT2D eigenvalue weighted by Gasteiger charge is -2.04. The summed E-state index contributed by atoms with van der Waals surface area (Å²) in [5, 5.41) is 5.42. The molecule has 19 heavy (non-hydrogen) atoms. The van der Waals surface area contributed by atoms with Crippen LogP contribution in [0.25, 0.3) is 0 Å². The number of alkyl halides is 3. The molecule has 102 valence electrons. The second-order valence-electron chi connectivity index (χ2n) is 3.43. The molecule has 1 aromatic carbocycles. The van der Waals surface area contributed by atoms with Crippen molar-refractivity contribution in [3.8, 4) is 10.9 Å². The number of nitrogens with zero attached hydrogens (tertiary/aromatic N) is 2. The van der Waals surface area contributed by atoms with Crippen molar-refractivity contribution in [3.05, 3.63) is 33.8 Å². The molecule has 0 aliphatic heterocycles. The summed E-state index contributed by atoms with van der Waals surface area (Å²) in [5.74, 6) is 0.270. The van der Waals surface area contributed by atoms with E-state index in [9.17, 15) is 13.2 Å². The fourth-order valence-corrected chi connectivity index (χ4v) is 2.05. The third-order valence-corrected chi connectivity index (χ3v) is 3.30. The molecule has 0 aliphatic rings. The van der Waals surface area contributed by atoms with E-state index >= 15 is 0 Å². The Kier molecular flexibility index (Phi) is 3.93. The van der Waals surface area contributed by atoms with Crippen LogP contribution in [0.15, 0.2) is 18.2 Å². The molecule has 2 N–H and O–H groups in total. The van der Waals surface area contributed by atoms with Crippen LogP contribution in [-0.4, -0.2) is 10.2 Å². The third-order valence-electron chi connectivity index (χ3n) is 2.10. The predicted molar refractivity (Wildman–Crippen MR) is 64.3 cm³/mol. The van der Waals surface area contributed by atoms with Crippen molar-refractivity contribution < 1.29 is 17.9 Å². The first-order valence-corrected chi connectivity index (χ1v) is 6.16. The van der Waals surface area contributed by atoms with Crippen LogP contribution in [0.3, 0.4) is 0 Å². The fourth-order valence-electron chi connectivity index (χ4n) is 1.22. The van der Waals surface area contributed by atoms with E-state index in [1.807, 2.05) is 0 Å². The molecule has 0 radical (unpaired) electrons. The van der Waals surface area contributed by atoms with Gasteiger partial charge in [-0.15, -0.1) is 5.10 Å². The molecule has 4 nitrogen and oxygen atoms in total. The molecule has 0 aliphatic carbocycles. The first-order chi connectivity index (χ1) is 8.90. The number of rotatable bonds is 3. The molecule has 0 atom stereocenters. The SMILES string of the molecule is NCc1ccc(Oc2nnc(C(F)(F)F)s2)cc1Cl. The summed E-state index contributed by atoms with van der Waals surface area (Å²) in [6, 6.07) is 4.63. The molecular weight excluding hydrogens is 303 g/mol. The zero-order valence-corrected chi connectivity index (χ0v) is 10.8. The van der Waals surface area contributed by atoms with E-state index in [2.05, 4.69) is 10.2 Å². The van der Waals surface area contributed by atoms with Gasteiger partial charge in [0.1, 0.15) is 5.75 Å². The first kappa shape index (κ1) is 14.0. The van der Waals surface area contributed by atoms with E-state index in [-0.39, 0.29) is 17.5 Å². The summed E-state index contributed by atoms with van der Waals surface area (Å²) >= 11 is 6.21. The summed E-state index contributed by atoms with van der Waals surface area (Å²) in [5.41, 5.74) is 6.14. The Balaban J connectivity index is 2.17. The van der Waals surface area contributed by atoms with E-state index < -0.39 is 11.2 Å². The summed E-state index contributed by atoms with van der Waals surface area (Å²) < 4.78 is 42.1. The van der Waals surface area contributed by atoms with Crippen LogP contribution in [0.5, 0.6) is 10.9 Å². The maximum absolute atomic E-state index is 12.3. The van der Waals surface area contributed by atoms with Gasteiger partial charge in [0, 0.05) is 11.6 Å². The number of hydrogen-bond donors (Lipinski definition) is 1. The summed E-state index contributed by atoms with van der Waals surface area (Å²) in [6.07, 6.45) is -4.53. The van der Waals surface area contributed by atoms with Crippen molar-refractivity contribution in [1.29, 1.82) is 0 Å². The highest BCUT2D eigenvalue weighted by Gasteiger charge is 2.36. The molecule has 0 spiro atoms. The average Bonchev–Trinajstić information content (AvgIpc) is 2.77. The molecular formula is C10H7ClF3N3OS. The Morgan fingerprint density at radius 3 is 2.58 bits per heavy atom. The van der Waals surface area contributed by atoms with Crippen LogP contribution in [0.2, 0.25) is 5.02 Å². The molecule has 9 heteroatoms. The van der Waals surface area contributed by atoms with Crippen LogP contribution >= 0.6 is 22.9 Å². The molecule has 0 bridgehead atoms. The number of benzene rings is 1. The number of halogens is 4. The van der Waals surface area contributed by atoms with E-state index in [0.717, 1.165) is 0 Å². The molecule has 2 rings (SSSR count). The van der Waals surface area contributed by atoms with Gasteiger partial charge in [-0.1, -0.05) is 34.1 Å². The van der Waals surface area contributed by atoms with E-state index in [4.69, 9.17) is 22.1 Å². The molecule has 2 aromatic rings. The van der Waals surface area contributed by atoms with Gasteiger partial charge >= 0.3 is 6.18 Å². The summed E-state index contributed by atoms with van der Waals surface area (Å²) in [7, 11) is 0. The van der Waals surface area contributed by atoms with Gasteiger partial charge in [0.25, 0.3) is 5.19 Å². The maximum atomic E-state index is 12.3. The Hall–Kier alpha value is -1.38. The van der Waals surface area contributed by atoms with E-state index in [1.165, 1.54) is 6.07 Å². The second kappa shape index (κ2) is 5.32. The number of aromatic nitrogens is 2. The van der Waals surface area contributed by atoms with E-state index in [1.54, 1.807) is 12.1 Å². The lowest BCUT2D eigenvalue weighted by atomic mass is 10.2. The van der Waals surface area contributed by atoms with Crippen LogP contribution in [0.1, 0.15) is 10.6 Å². The van der Waals surface area contributed by atoms with Gasteiger partial charge in [-0.3, -0.25) is 0 Å². The average molecular weight is 310 g/mol. The molecule has 0 fully saturated rings. The van der Waals surface area contributed by atoms with Crippen molar-refractivity contribution in [2.24, 2.45) is 5.73 Å². The quantitative estimate of drug-likeness (QED) is 0.943. The Morgan fingerprint density at radius 2 is 2.05 bits per heavy atom. The highest BCUT2D eigenvalue weighted by atomic mass is 35.5. The first-order valence-electron chi connectivity index (χ1n) is 4.97. The Bertz CT molecular complexity index is 588. The summed E-state index contributed by atoms with van der Waals surface area (Å²) in [4.78, 5) is 0. The lowest BCUT2D eigenvalue weighted by Crippen LogP contribution is -2.03. The third kappa shape index (κ3) is 3.34. The monoisotopic (exact) mass is 309 g/mol. The molecule has 1 aromatic heterocycles. The van der Waals surface area contributed by atoms with Crippen molar-refractivity contribution in [1.82, 2.24) is 10.2 Å². The van der Waals surface area contributed by atoms with Crippen LogP contribution in [0.4, 0.5) is 13.2 Å². The predicted octanol–water partition coefficient (Wildman–Crippen LogP) is 3.46. The smallest absolute Gasteiger partial charge is 0.430 e. The van der Waals surface area contributed by atoms with Crippen molar-refractivity contribution in [2.45, 2.75) is 12.7 Å². The van der Waals surface area contributed by atoms with Crippen LogP contribution in [0, 0.1) is 0 Å². The number of nitrogens with two attached hydrogens (primary N) is 1. The van der Waals surface area contributed by atoms with Gasteiger partial charge in [-0.2, -0.15) is 13.2 Å². The fraction of sp³-hybridized carbons (Fsp3) is 0.200. The van der Waals surface area contributed by atoms with Crippen LogP contribution in [-0.2, 0) is 12.7 Å². The van der Waals surface area contributed by atoms with Crippen molar-refractivity contribution in [3.63, 3.8) is 0 Å². The van der Waals surface area contributed by atoms with E-state index in [0.29, 0.717) is 21.9 Å². The molecule has 0 unspecified atom stereocenters. The van der Waals surface area contributed by atoms with Gasteiger partial charge in [0.15, 0.2) is 0 Å². The molecule has 0 saturated carbocycles. The van der Waals surface area contributed by atoms with Gasteiger partial charge < -0.3 is 10.5 Å². The van der Waals surface area contributed by atoms with Gasteiger partial charge in [-0.25, -0.2) is 0 Å². The van der Waals surface area contributed by atoms with Gasteiger partial charge in [0.2, 0.25) is 5.01 Å². The van der Waals surface area contributed by atoms with Crippen molar-refractivity contribution in [2.75, 3.05) is 0 Å². The zero-order chi connectivity index (χ0) is 14.0. The molecule has 0 saturated heterocycles. The lowest BCUT2D eigenvalue weighted by molar-refractivity contribution is -0.138. The second-order valence-corrected chi connectivity index (χ2v) is 4.78. The zero-order valence-electron chi connectivity index (χ0n) is 9.24. The van der Waals surface area contributed by atoms with Crippen molar-refractivity contribution >= 4 is 22.9 Å². The standard InChI is InChI=1S/C10H7ClF3N3OS/c11-7-3-6(2-1-5(7)4-15)18-9-17-16-8(19-9)10(12,13)14/h1-3H,4,15H2. The largest absolute Gasteiger partial charge is 0.445 e. The van der Waals surface area contributed by atoms with Gasteiger partial charge in [-0.05, 0) is 17.7 Å². The topological polar surface area (TPSA) is 61.0 Å². The number of ether oxygens (including phenoxy) is 1. The normalized spacial score (nSPS) is 11.6. The molecule has 0 amide bonds. The minimum absolute atomic E-state index is 0.205. The minimum Gasteiger partial charge on any atom is -0.430 e. The highest BCUT2D eigenvalue weighted by Crippen LogP contribution is 2.36. The van der Waals surface area contributed by atoms with Gasteiger partial charge in [0.05, 0.1) is 0 Å². The Labute approximate surface area is 115 Å². The minimum atomic E-state index is -4.53. The molecule has 1 heterocycles. The maximum Gasteiger partial charge on any atom is 0.445 e. The highest BCUT2D eigenvalue weighted by molar-refractivity contribution is 7.13. The summed E-state index contributed by atoms with van der Waals surface area (Å²) in [6.45, 7) is 0.260. The Morgan fingerprint density at radius 1 is 1.32 bits per heavy atom.